The summed E-state index contributed by atoms with van der Waals surface area (Å²) in [6, 6.07) is 15.2. The van der Waals surface area contributed by atoms with Crippen LogP contribution in [0.2, 0.25) is 0 Å². The Morgan fingerprint density at radius 1 is 1.00 bits per heavy atom. The molecule has 7 nitrogen and oxygen atoms in total. The molecule has 0 saturated heterocycles. The van der Waals surface area contributed by atoms with Crippen LogP contribution < -0.4 is 5.32 Å². The molecule has 1 aromatic carbocycles. The van der Waals surface area contributed by atoms with Crippen LogP contribution in [0.15, 0.2) is 71.6 Å². The number of rotatable bonds is 4. The second-order valence-corrected chi connectivity index (χ2v) is 6.67. The summed E-state index contributed by atoms with van der Waals surface area (Å²) in [5.74, 6) is 1.77. The Hall–Kier alpha value is -3.74. The van der Waals surface area contributed by atoms with Gasteiger partial charge in [-0.25, -0.2) is 14.6 Å². The molecule has 0 radical (unpaired) electrons. The standard InChI is InChI=1S/C21H17N5O2/c27-17-13-14(18-8-4-11-28-18)12-16-19(17)20(24-15-6-2-1-3-7-15)25-26(16)21-22-9-5-10-23-21/h1-11,14H,12-13H2,(H,24,25). The van der Waals surface area contributed by atoms with Crippen LogP contribution >= 0.6 is 0 Å². The number of carbonyl (C=O) groups excluding carboxylic acids is 1. The lowest BCUT2D eigenvalue weighted by Gasteiger charge is -2.20. The molecule has 0 amide bonds. The molecule has 28 heavy (non-hydrogen) atoms. The van der Waals surface area contributed by atoms with Crippen LogP contribution in [0.1, 0.15) is 34.2 Å². The Bertz CT molecular complexity index is 1100. The number of hydrogen-bond donors (Lipinski definition) is 1. The number of carbonyl (C=O) groups is 1. The van der Waals surface area contributed by atoms with Gasteiger partial charge in [0, 0.05) is 36.8 Å². The van der Waals surface area contributed by atoms with E-state index in [0.29, 0.717) is 30.2 Å². The molecule has 0 saturated carbocycles. The molecule has 5 rings (SSSR count). The van der Waals surface area contributed by atoms with Gasteiger partial charge in [-0.15, -0.1) is 5.10 Å². The number of fused-ring (bicyclic) bond motifs is 1. The molecule has 138 valence electrons. The number of benzene rings is 1. The van der Waals surface area contributed by atoms with Gasteiger partial charge in [0.15, 0.2) is 11.6 Å². The van der Waals surface area contributed by atoms with Crippen LogP contribution in [-0.4, -0.2) is 25.5 Å². The maximum Gasteiger partial charge on any atom is 0.250 e. The summed E-state index contributed by atoms with van der Waals surface area (Å²) in [6.07, 6.45) is 5.96. The number of Topliss-reactive ketones (excluding diaryl/α,β-unsaturated/α-hetero) is 1. The van der Waals surface area contributed by atoms with Crippen molar-refractivity contribution in [2.45, 2.75) is 18.8 Å². The Kier molecular flexibility index (Phi) is 3.97. The zero-order valence-electron chi connectivity index (χ0n) is 14.9. The van der Waals surface area contributed by atoms with Crippen molar-refractivity contribution in [2.75, 3.05) is 5.32 Å². The second kappa shape index (κ2) is 6.77. The Balaban J connectivity index is 1.62. The minimum atomic E-state index is -0.0289. The highest BCUT2D eigenvalue weighted by Crippen LogP contribution is 2.37. The quantitative estimate of drug-likeness (QED) is 0.585. The molecule has 1 atom stereocenters. The molecule has 1 aliphatic rings. The van der Waals surface area contributed by atoms with E-state index in [2.05, 4.69) is 20.4 Å². The first kappa shape index (κ1) is 16.4. The molecule has 0 fully saturated rings. The number of hydrogen-bond acceptors (Lipinski definition) is 6. The summed E-state index contributed by atoms with van der Waals surface area (Å²) in [7, 11) is 0. The van der Waals surface area contributed by atoms with E-state index in [1.165, 1.54) is 0 Å². The number of anilines is 2. The summed E-state index contributed by atoms with van der Waals surface area (Å²) >= 11 is 0. The van der Waals surface area contributed by atoms with Gasteiger partial charge in [-0.05, 0) is 30.3 Å². The topological polar surface area (TPSA) is 85.8 Å². The summed E-state index contributed by atoms with van der Waals surface area (Å²) in [6.45, 7) is 0. The molecular weight excluding hydrogens is 354 g/mol. The second-order valence-electron chi connectivity index (χ2n) is 6.67. The van der Waals surface area contributed by atoms with E-state index in [1.54, 1.807) is 29.4 Å². The molecule has 3 aromatic heterocycles. The van der Waals surface area contributed by atoms with E-state index < -0.39 is 0 Å². The molecule has 7 heteroatoms. The predicted molar refractivity (Wildman–Crippen MR) is 103 cm³/mol. The van der Waals surface area contributed by atoms with Crippen LogP contribution in [0.3, 0.4) is 0 Å². The average molecular weight is 371 g/mol. The Morgan fingerprint density at radius 2 is 1.82 bits per heavy atom. The van der Waals surface area contributed by atoms with Crippen molar-refractivity contribution < 1.29 is 9.21 Å². The monoisotopic (exact) mass is 371 g/mol. The van der Waals surface area contributed by atoms with Crippen LogP contribution in [-0.2, 0) is 6.42 Å². The fourth-order valence-corrected chi connectivity index (χ4v) is 3.60. The smallest absolute Gasteiger partial charge is 0.250 e. The van der Waals surface area contributed by atoms with Gasteiger partial charge in [-0.1, -0.05) is 18.2 Å². The average Bonchev–Trinajstić information content (AvgIpc) is 3.38. The van der Waals surface area contributed by atoms with Gasteiger partial charge >= 0.3 is 0 Å². The van der Waals surface area contributed by atoms with Crippen molar-refractivity contribution in [1.82, 2.24) is 19.7 Å². The molecule has 4 aromatic rings. The summed E-state index contributed by atoms with van der Waals surface area (Å²) in [5.41, 5.74) is 2.26. The van der Waals surface area contributed by atoms with Crippen LogP contribution in [0, 0.1) is 0 Å². The summed E-state index contributed by atoms with van der Waals surface area (Å²) in [4.78, 5) is 21.7. The zero-order valence-corrected chi connectivity index (χ0v) is 14.9. The van der Waals surface area contributed by atoms with E-state index in [4.69, 9.17) is 4.42 Å². The van der Waals surface area contributed by atoms with E-state index in [1.807, 2.05) is 42.5 Å². The van der Waals surface area contributed by atoms with Gasteiger partial charge in [0.1, 0.15) is 5.76 Å². The van der Waals surface area contributed by atoms with Crippen molar-refractivity contribution in [3.05, 3.63) is 84.2 Å². The highest BCUT2D eigenvalue weighted by Gasteiger charge is 2.35. The van der Waals surface area contributed by atoms with Gasteiger partial charge in [-0.3, -0.25) is 4.79 Å². The van der Waals surface area contributed by atoms with Crippen molar-refractivity contribution in [1.29, 1.82) is 0 Å². The van der Waals surface area contributed by atoms with E-state index in [0.717, 1.165) is 17.1 Å². The molecule has 0 spiro atoms. The van der Waals surface area contributed by atoms with Crippen LogP contribution in [0.5, 0.6) is 0 Å². The highest BCUT2D eigenvalue weighted by molar-refractivity contribution is 6.03. The van der Waals surface area contributed by atoms with E-state index in [9.17, 15) is 4.79 Å². The molecule has 0 aliphatic heterocycles. The minimum absolute atomic E-state index is 0.0289. The first-order valence-corrected chi connectivity index (χ1v) is 9.07. The highest BCUT2D eigenvalue weighted by atomic mass is 16.3. The number of para-hydroxylation sites is 1. The van der Waals surface area contributed by atoms with Crippen LogP contribution in [0.25, 0.3) is 5.95 Å². The third kappa shape index (κ3) is 2.87. The Labute approximate surface area is 161 Å². The maximum atomic E-state index is 13.1. The molecule has 1 aliphatic carbocycles. The molecule has 1 N–H and O–H groups in total. The first-order chi connectivity index (χ1) is 13.8. The number of nitrogens with one attached hydrogen (secondary N) is 1. The third-order valence-electron chi connectivity index (χ3n) is 4.86. The number of furan rings is 1. The Morgan fingerprint density at radius 3 is 2.57 bits per heavy atom. The summed E-state index contributed by atoms with van der Waals surface area (Å²) < 4.78 is 7.22. The van der Waals surface area contributed by atoms with Crippen LogP contribution in [0.4, 0.5) is 11.5 Å². The van der Waals surface area contributed by atoms with Gasteiger partial charge in [-0.2, -0.15) is 0 Å². The van der Waals surface area contributed by atoms with E-state index >= 15 is 0 Å². The normalized spacial score (nSPS) is 16.0. The largest absolute Gasteiger partial charge is 0.469 e. The molecular formula is C21H17N5O2. The number of nitrogens with zero attached hydrogens (tertiary/aromatic N) is 4. The third-order valence-corrected chi connectivity index (χ3v) is 4.86. The molecule has 1 unspecified atom stereocenters. The number of aromatic nitrogens is 4. The van der Waals surface area contributed by atoms with Gasteiger partial charge < -0.3 is 9.73 Å². The van der Waals surface area contributed by atoms with Crippen molar-refractivity contribution in [2.24, 2.45) is 0 Å². The zero-order chi connectivity index (χ0) is 18.9. The lowest BCUT2D eigenvalue weighted by Crippen LogP contribution is -2.21. The maximum absolute atomic E-state index is 13.1. The fraction of sp³-hybridized carbons (Fsp3) is 0.143. The summed E-state index contributed by atoms with van der Waals surface area (Å²) in [5, 5.41) is 7.92. The fourth-order valence-electron chi connectivity index (χ4n) is 3.60. The van der Waals surface area contributed by atoms with Gasteiger partial charge in [0.2, 0.25) is 0 Å². The lowest BCUT2D eigenvalue weighted by molar-refractivity contribution is 0.0960. The van der Waals surface area contributed by atoms with E-state index in [-0.39, 0.29) is 11.7 Å². The predicted octanol–water partition coefficient (Wildman–Crippen LogP) is 3.91. The van der Waals surface area contributed by atoms with Gasteiger partial charge in [0.25, 0.3) is 5.95 Å². The van der Waals surface area contributed by atoms with Crippen molar-refractivity contribution in [3.8, 4) is 5.95 Å². The van der Waals surface area contributed by atoms with Crippen molar-refractivity contribution in [3.63, 3.8) is 0 Å². The lowest BCUT2D eigenvalue weighted by atomic mass is 9.85. The SMILES string of the molecule is O=C1CC(c2ccco2)Cc2c1c(Nc1ccccc1)nn2-c1ncccn1. The van der Waals surface area contributed by atoms with Crippen molar-refractivity contribution >= 4 is 17.3 Å². The number of ketones is 1. The molecule has 0 bridgehead atoms. The molecule has 3 heterocycles. The first-order valence-electron chi connectivity index (χ1n) is 9.07. The minimum Gasteiger partial charge on any atom is -0.469 e. The van der Waals surface area contributed by atoms with Gasteiger partial charge in [0.05, 0.1) is 17.5 Å².